The fourth-order valence-corrected chi connectivity index (χ4v) is 3.07. The number of nitrogens with zero attached hydrogens (tertiary/aromatic N) is 1. The predicted molar refractivity (Wildman–Crippen MR) is 436 cm³/mol. The minimum atomic E-state index is -0.167. The van der Waals surface area contributed by atoms with Crippen LogP contribution in [-0.4, -0.2) is 178 Å². The van der Waals surface area contributed by atoms with E-state index in [1.807, 2.05) is 161 Å². The molecule has 0 radical (unpaired) electrons. The molecule has 1 saturated heterocycles. The van der Waals surface area contributed by atoms with Gasteiger partial charge in [0.1, 0.15) is 81.5 Å². The number of ether oxygens (including phenoxy) is 1. The van der Waals surface area contributed by atoms with Gasteiger partial charge in [0.15, 0.2) is 0 Å². The van der Waals surface area contributed by atoms with Gasteiger partial charge in [-0.25, -0.2) is 0 Å². The molecule has 0 aliphatic carbocycles. The van der Waals surface area contributed by atoms with Gasteiger partial charge in [0.05, 0.1) is 5.60 Å². The van der Waals surface area contributed by atoms with Crippen LogP contribution in [0.2, 0.25) is 0 Å². The van der Waals surface area contributed by atoms with Crippen molar-refractivity contribution in [1.29, 1.82) is 0 Å². The fourth-order valence-electron chi connectivity index (χ4n) is 3.07. The molecular weight excluding hydrogens is 1250 g/mol. The Balaban J connectivity index is -0.0000000144. The average molecular weight is 1430 g/mol. The minimum Gasteiger partial charge on any atom is -0.394 e. The summed E-state index contributed by atoms with van der Waals surface area (Å²) >= 11 is 0. The van der Waals surface area contributed by atoms with E-state index in [2.05, 4.69) is 165 Å². The normalized spacial score (nSPS) is 6.63. The fraction of sp³-hybridized carbons (Fsp3) is 0.638. The number of piperidine rings is 1. The molecule has 28 heteroatoms. The Bertz CT molecular complexity index is 1000. The van der Waals surface area contributed by atoms with E-state index in [1.165, 1.54) is 86.1 Å². The number of aliphatic hydroxyl groups excluding tert-OH is 1. The second-order valence-electron chi connectivity index (χ2n) is 13.4. The number of likely N-dealkylation sites (tertiary alicyclic amines) is 1. The number of rotatable bonds is 4. The SMILES string of the molecule is C.C=O.C=O.C=O.C=O.C=O.C=O.C=O.C=O.C=O.C=O.C=O.C=O.CC.CC.CC.CC.CC(=O)N1CCCCC1.CC(C)C.CC(C)O.CCC(C)C.CCOC(C)(C)C.CCc1ccccc1.CCc1ccccc1.CN.CN.CN.CN.CN.CN.CN.N.N.N.N.N. The van der Waals surface area contributed by atoms with Crippen LogP contribution in [0.1, 0.15) is 203 Å². The molecule has 1 aliphatic rings. The van der Waals surface area contributed by atoms with Gasteiger partial charge in [0, 0.05) is 32.7 Å². The van der Waals surface area contributed by atoms with Gasteiger partial charge in [-0.05, 0) is 146 Å². The summed E-state index contributed by atoms with van der Waals surface area (Å²) in [6.45, 7) is 73.5. The van der Waals surface area contributed by atoms with Crippen LogP contribution in [0.3, 0.4) is 0 Å². The third kappa shape index (κ3) is 693. The van der Waals surface area contributed by atoms with E-state index in [9.17, 15) is 4.79 Å². The molecule has 97 heavy (non-hydrogen) atoms. The van der Waals surface area contributed by atoms with Crippen molar-refractivity contribution in [3.8, 4) is 0 Å². The summed E-state index contributed by atoms with van der Waals surface area (Å²) in [4.78, 5) is 109. The van der Waals surface area contributed by atoms with E-state index in [0.717, 1.165) is 44.4 Å². The summed E-state index contributed by atoms with van der Waals surface area (Å²) in [6, 6.07) is 20.9. The first-order valence-corrected chi connectivity index (χ1v) is 29.1. The Morgan fingerprint density at radius 3 is 0.619 bits per heavy atom. The minimum absolute atomic E-state index is 0. The van der Waals surface area contributed by atoms with Crippen LogP contribution in [0.15, 0.2) is 60.7 Å². The van der Waals surface area contributed by atoms with E-state index < -0.39 is 0 Å². The van der Waals surface area contributed by atoms with Gasteiger partial charge in [-0.2, -0.15) is 0 Å². The number of hydrogen-bond donors (Lipinski definition) is 13. The molecule has 2 aromatic rings. The average Bonchev–Trinajstić information content (AvgIpc) is 3.66. The van der Waals surface area contributed by atoms with Crippen molar-refractivity contribution in [2.45, 2.75) is 217 Å². The Morgan fingerprint density at radius 1 is 0.412 bits per heavy atom. The van der Waals surface area contributed by atoms with E-state index in [-0.39, 0.29) is 55.8 Å². The Morgan fingerprint density at radius 2 is 0.557 bits per heavy atom. The smallest absolute Gasteiger partial charge is 0.219 e. The van der Waals surface area contributed by atoms with Crippen molar-refractivity contribution in [3.63, 3.8) is 0 Å². The van der Waals surface area contributed by atoms with Crippen LogP contribution < -0.4 is 70.9 Å². The predicted octanol–water partition coefficient (Wildman–Crippen LogP) is 11.8. The lowest BCUT2D eigenvalue weighted by Crippen LogP contribution is -2.33. The first kappa shape index (κ1) is 219. The lowest BCUT2D eigenvalue weighted by Gasteiger charge is -2.24. The number of aryl methyl sites for hydroxylation is 2. The third-order valence-corrected chi connectivity index (χ3v) is 5.70. The summed E-state index contributed by atoms with van der Waals surface area (Å²) in [6.07, 6.45) is 7.10. The standard InChI is InChI=1S/2C8H10.C7H13NO.C6H14O.C5H12.C4H10.C3H8O.4C2H6.7CH5N.12CH2O.CH4.5H3N/c2*1-2-8-6-4-3-5-7-8;1-7(9)8-5-3-2-4-6-8;1-5-7-6(2,3)4;1-4-5(2)3;1-4(2)3;1-3(2)4;23*1-2;;;;;;/h2*3-7H,2H2,1H3;2-6H2,1H3;5H2,1-4H3;5H,4H2,1-3H3;4H,1-3H3;3-4H,1-2H3;4*1-2H3;7*2H2,1H3;12*1H2;1H4;5*1H3. The number of aliphatic hydroxyl groups is 1. The molecule has 0 spiro atoms. The second-order valence-corrected chi connectivity index (χ2v) is 13.4. The molecule has 1 amide bonds. The summed E-state index contributed by atoms with van der Waals surface area (Å²) in [5.41, 5.74) is 34.4. The lowest BCUT2D eigenvalue weighted by molar-refractivity contribution is -0.129. The van der Waals surface area contributed by atoms with E-state index in [1.54, 1.807) is 20.8 Å². The van der Waals surface area contributed by atoms with Crippen molar-refractivity contribution >= 4 is 87.4 Å². The number of nitrogens with two attached hydrogens (primary N) is 7. The number of carbonyl (C=O) groups excluding carboxylic acids is 13. The second kappa shape index (κ2) is 428. The number of amides is 1. The quantitative estimate of drug-likeness (QED) is 0.135. The molecule has 1 aliphatic heterocycles. The van der Waals surface area contributed by atoms with Crippen LogP contribution in [0.25, 0.3) is 0 Å². The maximum Gasteiger partial charge on any atom is 0.219 e. The molecule has 3 rings (SSSR count). The molecule has 610 valence electrons. The maximum atomic E-state index is 10.7. The van der Waals surface area contributed by atoms with Crippen molar-refractivity contribution in [2.75, 3.05) is 69.0 Å². The monoisotopic (exact) mass is 1430 g/mol. The molecule has 0 aromatic heterocycles. The largest absolute Gasteiger partial charge is 0.394 e. The van der Waals surface area contributed by atoms with Gasteiger partial charge in [-0.15, -0.1) is 0 Å². The number of carbonyl (C=O) groups is 13. The van der Waals surface area contributed by atoms with Gasteiger partial charge in [0.25, 0.3) is 0 Å². The Hall–Kier alpha value is -6.61. The van der Waals surface area contributed by atoms with E-state index >= 15 is 0 Å². The maximum absolute atomic E-state index is 10.7. The first-order chi connectivity index (χ1) is 44.0. The lowest BCUT2D eigenvalue weighted by atomic mass is 10.1. The van der Waals surface area contributed by atoms with Crippen molar-refractivity contribution in [2.24, 2.45) is 52.0 Å². The summed E-state index contributed by atoms with van der Waals surface area (Å²) in [5.74, 6) is 1.95. The van der Waals surface area contributed by atoms with Crippen LogP contribution in [0.4, 0.5) is 0 Å². The summed E-state index contributed by atoms with van der Waals surface area (Å²) in [5, 5.41) is 8.06. The molecule has 1 heterocycles. The topological polar surface area (TPSA) is 612 Å². The molecule has 0 atom stereocenters. The Labute approximate surface area is 602 Å². The molecule has 1 fully saturated rings. The highest BCUT2D eigenvalue weighted by molar-refractivity contribution is 5.73. The van der Waals surface area contributed by atoms with E-state index in [0.29, 0.717) is 0 Å². The van der Waals surface area contributed by atoms with Gasteiger partial charge in [-0.3, -0.25) is 4.79 Å². The van der Waals surface area contributed by atoms with E-state index in [4.69, 9.17) is 67.4 Å². The highest BCUT2D eigenvalue weighted by atomic mass is 16.5. The van der Waals surface area contributed by atoms with Crippen LogP contribution in [0, 0.1) is 11.8 Å². The molecule has 0 bridgehead atoms. The molecule has 2 aromatic carbocycles. The molecule has 28 nitrogen and oxygen atoms in total. The van der Waals surface area contributed by atoms with Crippen molar-refractivity contribution in [1.82, 2.24) is 35.7 Å². The highest BCUT2D eigenvalue weighted by Gasteiger charge is 2.11. The molecule has 0 saturated carbocycles. The number of benzene rings is 2. The van der Waals surface area contributed by atoms with Gasteiger partial charge >= 0.3 is 0 Å². The van der Waals surface area contributed by atoms with Gasteiger partial charge in [-0.1, -0.05) is 185 Å². The molecule has 0 unspecified atom stereocenters. The first-order valence-electron chi connectivity index (χ1n) is 29.1. The molecule has 30 N–H and O–H groups in total. The summed E-state index contributed by atoms with van der Waals surface area (Å²) in [7, 11) is 10.5. The van der Waals surface area contributed by atoms with Crippen molar-refractivity contribution < 1.29 is 72.2 Å². The molecular formula is C69H179N13O15. The van der Waals surface area contributed by atoms with Crippen molar-refractivity contribution in [3.05, 3.63) is 71.8 Å². The van der Waals surface area contributed by atoms with Crippen LogP contribution in [0.5, 0.6) is 0 Å². The Kier molecular flexibility index (Phi) is 968. The number of hydrogen-bond acceptors (Lipinski definition) is 27. The zero-order valence-corrected chi connectivity index (χ0v) is 68.5. The van der Waals surface area contributed by atoms with Gasteiger partial charge < -0.3 is 143 Å². The van der Waals surface area contributed by atoms with Crippen LogP contribution >= 0.6 is 0 Å². The zero-order chi connectivity index (χ0) is 81.7. The van der Waals surface area contributed by atoms with Crippen LogP contribution in [-0.2, 0) is 79.9 Å². The highest BCUT2D eigenvalue weighted by Crippen LogP contribution is 2.08. The third-order valence-electron chi connectivity index (χ3n) is 5.70. The summed E-state index contributed by atoms with van der Waals surface area (Å²) < 4.78 is 5.23. The zero-order valence-electron chi connectivity index (χ0n) is 68.5. The van der Waals surface area contributed by atoms with Gasteiger partial charge in [0.2, 0.25) is 5.91 Å².